The van der Waals surface area contributed by atoms with Gasteiger partial charge in [-0.1, -0.05) is 106 Å². The zero-order chi connectivity index (χ0) is 37.8. The van der Waals surface area contributed by atoms with Gasteiger partial charge in [0.05, 0.1) is 10.0 Å². The van der Waals surface area contributed by atoms with Gasteiger partial charge in [-0.3, -0.25) is 9.59 Å². The van der Waals surface area contributed by atoms with E-state index in [1.807, 2.05) is 60.3 Å². The maximum Gasteiger partial charge on any atom is 0.246 e. The number of carbonyl (C=O) groups is 2. The van der Waals surface area contributed by atoms with Crippen LogP contribution in [-0.2, 0) is 9.59 Å². The minimum atomic E-state index is -0.0691. The van der Waals surface area contributed by atoms with Gasteiger partial charge in [0.1, 0.15) is 0 Å². The molecule has 2 heterocycles. The molecule has 0 N–H and O–H groups in total. The van der Waals surface area contributed by atoms with Gasteiger partial charge in [0.15, 0.2) is 0 Å². The van der Waals surface area contributed by atoms with Crippen molar-refractivity contribution in [2.45, 2.75) is 9.79 Å². The van der Waals surface area contributed by atoms with Gasteiger partial charge in [-0.15, -0.1) is 0 Å². The first kappa shape index (κ1) is 40.0. The number of hydrogen-bond donors (Lipinski definition) is 0. The van der Waals surface area contributed by atoms with Gasteiger partial charge in [-0.2, -0.15) is 0 Å². The van der Waals surface area contributed by atoms with Crippen LogP contribution in [0.2, 0.25) is 30.1 Å². The predicted molar refractivity (Wildman–Crippen MR) is 224 cm³/mol. The van der Waals surface area contributed by atoms with Crippen molar-refractivity contribution in [1.29, 1.82) is 0 Å². The Balaban J connectivity index is 1.38. The van der Waals surface area contributed by atoms with E-state index in [9.17, 15) is 9.59 Å². The molecule has 4 aromatic rings. The number of hydrogen-bond acceptors (Lipinski definition) is 5. The van der Waals surface area contributed by atoms with E-state index < -0.39 is 0 Å². The fourth-order valence-corrected chi connectivity index (χ4v) is 8.89. The second-order valence-corrected chi connectivity index (χ2v) is 16.5. The SMILES string of the molecule is CN1CCN(C(=O)C=Cc2ccc(Sc3ccc(C=CC(=O)N4CCN(C)CC4)c(-c4ccc(Cl)cc4Cl)c3Cl)c(Cl)c2-c2ccc(Cl)cc2Cl)CC1. The number of carbonyl (C=O) groups excluding carboxylic acids is 2. The second kappa shape index (κ2) is 17.8. The third-order valence-corrected chi connectivity index (χ3v) is 12.6. The molecule has 6 nitrogen and oxygen atoms in total. The summed E-state index contributed by atoms with van der Waals surface area (Å²) < 4.78 is 0. The standard InChI is InChI=1S/C40H36Cl6N4O2S/c1-47-15-19-49(20-16-47)35(51)13-5-25-3-11-33(39(45)37(25)29-9-7-27(41)23-31(29)43)53-34-12-4-26(6-14-36(52)50-21-17-48(2)18-22-50)38(40(34)46)30-10-8-28(42)24-32(30)44/h3-14,23-24H,15-22H2,1-2H3. The normalized spacial score (nSPS) is 15.9. The maximum absolute atomic E-state index is 13.1. The molecule has 0 unspecified atom stereocenters. The van der Waals surface area contributed by atoms with Crippen molar-refractivity contribution in [1.82, 2.24) is 19.6 Å². The van der Waals surface area contributed by atoms with Crippen molar-refractivity contribution in [3.63, 3.8) is 0 Å². The van der Waals surface area contributed by atoms with E-state index in [1.54, 1.807) is 48.6 Å². The van der Waals surface area contributed by atoms with Gasteiger partial charge < -0.3 is 19.6 Å². The molecule has 0 radical (unpaired) electrons. The van der Waals surface area contributed by atoms with Crippen molar-refractivity contribution in [3.8, 4) is 22.3 Å². The van der Waals surface area contributed by atoms with Crippen LogP contribution in [0.1, 0.15) is 11.1 Å². The van der Waals surface area contributed by atoms with Crippen molar-refractivity contribution in [2.75, 3.05) is 66.5 Å². The Morgan fingerprint density at radius 1 is 0.547 bits per heavy atom. The Hall–Kier alpha value is -2.69. The van der Waals surface area contributed by atoms with Gasteiger partial charge in [0.2, 0.25) is 11.8 Å². The molecule has 0 aliphatic carbocycles. The molecule has 2 amide bonds. The molecule has 53 heavy (non-hydrogen) atoms. The van der Waals surface area contributed by atoms with Gasteiger partial charge in [-0.05, 0) is 73.8 Å². The highest BCUT2D eigenvalue weighted by Crippen LogP contribution is 2.48. The van der Waals surface area contributed by atoms with Crippen LogP contribution < -0.4 is 0 Å². The van der Waals surface area contributed by atoms with E-state index in [0.29, 0.717) is 88.4 Å². The summed E-state index contributed by atoms with van der Waals surface area (Å²) in [6.45, 7) is 5.95. The fraction of sp³-hybridized carbons (Fsp3) is 0.250. The number of rotatable bonds is 8. The van der Waals surface area contributed by atoms with Crippen LogP contribution in [0, 0.1) is 0 Å². The lowest BCUT2D eigenvalue weighted by atomic mass is 9.98. The fourth-order valence-electron chi connectivity index (χ4n) is 6.22. The van der Waals surface area contributed by atoms with Crippen LogP contribution in [0.5, 0.6) is 0 Å². The number of likely N-dealkylation sites (N-methyl/N-ethyl adjacent to an activating group) is 2. The lowest BCUT2D eigenvalue weighted by molar-refractivity contribution is -0.128. The van der Waals surface area contributed by atoms with E-state index >= 15 is 0 Å². The Morgan fingerprint density at radius 3 is 1.28 bits per heavy atom. The second-order valence-electron chi connectivity index (χ2n) is 13.0. The number of piperazine rings is 2. The monoisotopic (exact) mass is 846 g/mol. The van der Waals surface area contributed by atoms with Crippen LogP contribution in [0.4, 0.5) is 0 Å². The van der Waals surface area contributed by atoms with Crippen molar-refractivity contribution < 1.29 is 9.59 Å². The number of nitrogens with zero attached hydrogens (tertiary/aromatic N) is 4. The summed E-state index contributed by atoms with van der Waals surface area (Å²) in [5, 5.41) is 2.67. The minimum absolute atomic E-state index is 0.0691. The van der Waals surface area contributed by atoms with E-state index in [1.165, 1.54) is 11.8 Å². The maximum atomic E-state index is 13.1. The summed E-state index contributed by atoms with van der Waals surface area (Å²) in [6, 6.07) is 18.1. The largest absolute Gasteiger partial charge is 0.337 e. The molecule has 0 bridgehead atoms. The molecule has 2 fully saturated rings. The number of halogens is 6. The molecule has 0 atom stereocenters. The van der Waals surface area contributed by atoms with E-state index in [0.717, 1.165) is 37.3 Å². The topological polar surface area (TPSA) is 47.1 Å². The molecule has 2 aliphatic heterocycles. The predicted octanol–water partition coefficient (Wildman–Crippen LogP) is 10.7. The van der Waals surface area contributed by atoms with Gasteiger partial charge in [0.25, 0.3) is 0 Å². The molecule has 2 saturated heterocycles. The third kappa shape index (κ3) is 9.58. The first-order valence-electron chi connectivity index (χ1n) is 16.9. The highest BCUT2D eigenvalue weighted by atomic mass is 35.5. The average Bonchev–Trinajstić information content (AvgIpc) is 3.13. The number of benzene rings is 4. The third-order valence-electron chi connectivity index (χ3n) is 9.34. The Kier molecular flexibility index (Phi) is 13.5. The highest BCUT2D eigenvalue weighted by Gasteiger charge is 2.22. The summed E-state index contributed by atoms with van der Waals surface area (Å²) in [5.41, 5.74) is 4.08. The minimum Gasteiger partial charge on any atom is -0.337 e. The molecule has 0 spiro atoms. The van der Waals surface area contributed by atoms with Gasteiger partial charge >= 0.3 is 0 Å². The average molecular weight is 850 g/mol. The molecular weight excluding hydrogens is 813 g/mol. The molecule has 0 aromatic heterocycles. The highest BCUT2D eigenvalue weighted by molar-refractivity contribution is 7.99. The lowest BCUT2D eigenvalue weighted by Gasteiger charge is -2.31. The Labute approximate surface area is 344 Å². The molecule has 4 aromatic carbocycles. The molecule has 2 aliphatic rings. The quantitative estimate of drug-likeness (QED) is 0.165. The summed E-state index contributed by atoms with van der Waals surface area (Å²) in [4.78, 5) is 35.8. The molecule has 0 saturated carbocycles. The molecular formula is C40H36Cl6N4O2S. The van der Waals surface area contributed by atoms with Crippen molar-refractivity contribution in [2.24, 2.45) is 0 Å². The Bertz CT molecular complexity index is 1950. The zero-order valence-corrected chi connectivity index (χ0v) is 34.4. The van der Waals surface area contributed by atoms with Crippen LogP contribution in [0.15, 0.2) is 82.6 Å². The van der Waals surface area contributed by atoms with E-state index in [-0.39, 0.29) is 11.8 Å². The zero-order valence-electron chi connectivity index (χ0n) is 29.0. The van der Waals surface area contributed by atoms with Crippen molar-refractivity contribution in [3.05, 3.63) is 114 Å². The summed E-state index contributed by atoms with van der Waals surface area (Å²) >= 11 is 41.9. The van der Waals surface area contributed by atoms with Crippen LogP contribution in [0.3, 0.4) is 0 Å². The smallest absolute Gasteiger partial charge is 0.246 e. The Morgan fingerprint density at radius 2 is 0.925 bits per heavy atom. The lowest BCUT2D eigenvalue weighted by Crippen LogP contribution is -2.46. The first-order valence-corrected chi connectivity index (χ1v) is 20.0. The van der Waals surface area contributed by atoms with Crippen LogP contribution >= 0.6 is 81.4 Å². The summed E-state index contributed by atoms with van der Waals surface area (Å²) in [7, 11) is 4.10. The van der Waals surface area contributed by atoms with Crippen molar-refractivity contribution >= 4 is 105 Å². The summed E-state index contributed by atoms with van der Waals surface area (Å²) in [6.07, 6.45) is 6.71. The molecule has 276 valence electrons. The van der Waals surface area contributed by atoms with Gasteiger partial charge in [-0.25, -0.2) is 0 Å². The summed E-state index contributed by atoms with van der Waals surface area (Å²) in [5.74, 6) is -0.138. The molecule has 13 heteroatoms. The van der Waals surface area contributed by atoms with Crippen LogP contribution in [0.25, 0.3) is 34.4 Å². The van der Waals surface area contributed by atoms with E-state index in [2.05, 4.69) is 9.80 Å². The van der Waals surface area contributed by atoms with E-state index in [4.69, 9.17) is 69.6 Å². The number of amides is 2. The van der Waals surface area contributed by atoms with Crippen LogP contribution in [-0.4, -0.2) is 97.9 Å². The molecule has 6 rings (SSSR count). The first-order chi connectivity index (χ1) is 25.4. The van der Waals surface area contributed by atoms with Gasteiger partial charge in [0, 0.05) is 117 Å².